The standard InChI is InChI=1S/C20H21FN4O2S/c1-13(10-15-4-3-5-17(11-15)27-2)22-19(26)23-20-25-24-18(28-20)12-14-6-8-16(21)9-7-14/h3-9,11,13H,10,12H2,1-2H3,(H2,22,23,25,26). The maximum absolute atomic E-state index is 13.0. The van der Waals surface area contributed by atoms with Crippen molar-refractivity contribution in [3.05, 3.63) is 70.5 Å². The van der Waals surface area contributed by atoms with Crippen molar-refractivity contribution < 1.29 is 13.9 Å². The van der Waals surface area contributed by atoms with Crippen LogP contribution in [0, 0.1) is 5.82 Å². The molecule has 2 amide bonds. The van der Waals surface area contributed by atoms with E-state index in [0.29, 0.717) is 18.0 Å². The van der Waals surface area contributed by atoms with Crippen LogP contribution in [0.3, 0.4) is 0 Å². The highest BCUT2D eigenvalue weighted by atomic mass is 32.1. The van der Waals surface area contributed by atoms with Crippen LogP contribution in [0.2, 0.25) is 0 Å². The van der Waals surface area contributed by atoms with Crippen molar-refractivity contribution in [1.82, 2.24) is 15.5 Å². The molecule has 1 unspecified atom stereocenters. The van der Waals surface area contributed by atoms with Gasteiger partial charge in [0.1, 0.15) is 16.6 Å². The van der Waals surface area contributed by atoms with Gasteiger partial charge in [-0.05, 0) is 48.7 Å². The number of carbonyl (C=O) groups is 1. The Kier molecular flexibility index (Phi) is 6.54. The van der Waals surface area contributed by atoms with Gasteiger partial charge in [0, 0.05) is 12.5 Å². The monoisotopic (exact) mass is 400 g/mol. The average Bonchev–Trinajstić information content (AvgIpc) is 3.10. The van der Waals surface area contributed by atoms with Gasteiger partial charge < -0.3 is 10.1 Å². The predicted molar refractivity (Wildman–Crippen MR) is 107 cm³/mol. The first-order valence-electron chi connectivity index (χ1n) is 8.79. The Morgan fingerprint density at radius 2 is 1.96 bits per heavy atom. The van der Waals surface area contributed by atoms with Crippen LogP contribution in [0.5, 0.6) is 5.75 Å². The number of nitrogens with zero attached hydrogens (tertiary/aromatic N) is 2. The quantitative estimate of drug-likeness (QED) is 0.628. The maximum atomic E-state index is 13.0. The van der Waals surface area contributed by atoms with Crippen LogP contribution in [0.1, 0.15) is 23.1 Å². The van der Waals surface area contributed by atoms with Crippen molar-refractivity contribution in [2.45, 2.75) is 25.8 Å². The summed E-state index contributed by atoms with van der Waals surface area (Å²) in [6.45, 7) is 1.93. The number of amides is 2. The Hall–Kier alpha value is -3.00. The van der Waals surface area contributed by atoms with Crippen LogP contribution < -0.4 is 15.4 Å². The molecule has 0 aliphatic carbocycles. The number of anilines is 1. The van der Waals surface area contributed by atoms with Crippen molar-refractivity contribution in [2.24, 2.45) is 0 Å². The molecule has 0 saturated carbocycles. The summed E-state index contributed by atoms with van der Waals surface area (Å²) in [5.74, 6) is 0.514. The lowest BCUT2D eigenvalue weighted by atomic mass is 10.1. The largest absolute Gasteiger partial charge is 0.497 e. The third-order valence-electron chi connectivity index (χ3n) is 4.01. The number of methoxy groups -OCH3 is 1. The van der Waals surface area contributed by atoms with E-state index in [1.807, 2.05) is 31.2 Å². The highest BCUT2D eigenvalue weighted by Crippen LogP contribution is 2.19. The van der Waals surface area contributed by atoms with E-state index in [0.717, 1.165) is 21.9 Å². The molecule has 3 aromatic rings. The van der Waals surface area contributed by atoms with E-state index < -0.39 is 0 Å². The molecule has 1 heterocycles. The van der Waals surface area contributed by atoms with Crippen molar-refractivity contribution in [1.29, 1.82) is 0 Å². The topological polar surface area (TPSA) is 76.1 Å². The Bertz CT molecular complexity index is 930. The first-order chi connectivity index (χ1) is 13.5. The van der Waals surface area contributed by atoms with E-state index in [4.69, 9.17) is 4.74 Å². The molecular weight excluding hydrogens is 379 g/mol. The van der Waals surface area contributed by atoms with Gasteiger partial charge >= 0.3 is 6.03 Å². The zero-order valence-corrected chi connectivity index (χ0v) is 16.4. The summed E-state index contributed by atoms with van der Waals surface area (Å²) in [7, 11) is 1.63. The van der Waals surface area contributed by atoms with Gasteiger partial charge in [0.05, 0.1) is 7.11 Å². The van der Waals surface area contributed by atoms with Crippen LogP contribution in [0.4, 0.5) is 14.3 Å². The average molecular weight is 400 g/mol. The molecule has 2 N–H and O–H groups in total. The number of hydrogen-bond donors (Lipinski definition) is 2. The van der Waals surface area contributed by atoms with E-state index in [2.05, 4.69) is 20.8 Å². The van der Waals surface area contributed by atoms with Gasteiger partial charge in [0.25, 0.3) is 0 Å². The molecule has 1 atom stereocenters. The second kappa shape index (κ2) is 9.27. The minimum Gasteiger partial charge on any atom is -0.497 e. The molecule has 1 aromatic heterocycles. The summed E-state index contributed by atoms with van der Waals surface area (Å²) in [6, 6.07) is 13.6. The van der Waals surface area contributed by atoms with Gasteiger partial charge in [-0.2, -0.15) is 0 Å². The summed E-state index contributed by atoms with van der Waals surface area (Å²) < 4.78 is 18.2. The molecule has 0 aliphatic rings. The van der Waals surface area contributed by atoms with Crippen LogP contribution in [-0.2, 0) is 12.8 Å². The predicted octanol–water partition coefficient (Wildman–Crippen LogP) is 4.03. The number of ether oxygens (including phenoxy) is 1. The maximum Gasteiger partial charge on any atom is 0.321 e. The molecule has 0 aliphatic heterocycles. The summed E-state index contributed by atoms with van der Waals surface area (Å²) in [5, 5.41) is 14.8. The minimum atomic E-state index is -0.333. The normalized spacial score (nSPS) is 11.7. The molecule has 28 heavy (non-hydrogen) atoms. The third-order valence-corrected chi connectivity index (χ3v) is 4.85. The van der Waals surface area contributed by atoms with Gasteiger partial charge in [0.15, 0.2) is 0 Å². The molecule has 8 heteroatoms. The highest BCUT2D eigenvalue weighted by molar-refractivity contribution is 7.15. The first-order valence-corrected chi connectivity index (χ1v) is 9.61. The minimum absolute atomic E-state index is 0.0706. The van der Waals surface area contributed by atoms with Gasteiger partial charge in [0.2, 0.25) is 5.13 Å². The molecule has 6 nitrogen and oxygen atoms in total. The molecule has 146 valence electrons. The smallest absolute Gasteiger partial charge is 0.321 e. The summed E-state index contributed by atoms with van der Waals surface area (Å²) in [4.78, 5) is 12.2. The van der Waals surface area contributed by atoms with Crippen molar-refractivity contribution in [2.75, 3.05) is 12.4 Å². The van der Waals surface area contributed by atoms with Crippen LogP contribution in [-0.4, -0.2) is 29.4 Å². The molecule has 0 bridgehead atoms. The number of urea groups is 1. The van der Waals surface area contributed by atoms with Crippen molar-refractivity contribution in [3.63, 3.8) is 0 Å². The van der Waals surface area contributed by atoms with E-state index in [1.54, 1.807) is 19.2 Å². The second-order valence-corrected chi connectivity index (χ2v) is 7.42. The van der Waals surface area contributed by atoms with Gasteiger partial charge in [-0.25, -0.2) is 9.18 Å². The molecule has 0 spiro atoms. The number of halogens is 1. The Morgan fingerprint density at radius 1 is 1.18 bits per heavy atom. The van der Waals surface area contributed by atoms with E-state index >= 15 is 0 Å². The molecule has 0 fully saturated rings. The molecule has 2 aromatic carbocycles. The summed E-state index contributed by atoms with van der Waals surface area (Å²) in [5.41, 5.74) is 2.00. The first kappa shape index (κ1) is 19.8. The van der Waals surface area contributed by atoms with E-state index in [-0.39, 0.29) is 17.9 Å². The van der Waals surface area contributed by atoms with Crippen LogP contribution in [0.25, 0.3) is 0 Å². The number of hydrogen-bond acceptors (Lipinski definition) is 5. The molecular formula is C20H21FN4O2S. The number of aromatic nitrogens is 2. The Labute approximate surface area is 166 Å². The SMILES string of the molecule is COc1cccc(CC(C)NC(=O)Nc2nnc(Cc3ccc(F)cc3)s2)c1. The van der Waals surface area contributed by atoms with Crippen LogP contribution >= 0.6 is 11.3 Å². The number of nitrogens with one attached hydrogen (secondary N) is 2. The van der Waals surface area contributed by atoms with Gasteiger partial charge in [-0.1, -0.05) is 35.6 Å². The van der Waals surface area contributed by atoms with E-state index in [1.165, 1.54) is 23.5 Å². The lowest BCUT2D eigenvalue weighted by molar-refractivity contribution is 0.249. The van der Waals surface area contributed by atoms with Crippen molar-refractivity contribution in [3.8, 4) is 5.75 Å². The number of rotatable bonds is 7. The zero-order valence-electron chi connectivity index (χ0n) is 15.6. The van der Waals surface area contributed by atoms with Gasteiger partial charge in [-0.15, -0.1) is 10.2 Å². The van der Waals surface area contributed by atoms with Gasteiger partial charge in [-0.3, -0.25) is 5.32 Å². The zero-order chi connectivity index (χ0) is 19.9. The number of carbonyl (C=O) groups excluding carboxylic acids is 1. The Morgan fingerprint density at radius 3 is 2.71 bits per heavy atom. The van der Waals surface area contributed by atoms with Crippen LogP contribution in [0.15, 0.2) is 48.5 Å². The summed E-state index contributed by atoms with van der Waals surface area (Å²) >= 11 is 1.29. The fourth-order valence-electron chi connectivity index (χ4n) is 2.71. The fraction of sp³-hybridized carbons (Fsp3) is 0.250. The summed E-state index contributed by atoms with van der Waals surface area (Å²) in [6.07, 6.45) is 1.21. The number of benzene rings is 2. The lowest BCUT2D eigenvalue weighted by Crippen LogP contribution is -2.37. The Balaban J connectivity index is 1.50. The third kappa shape index (κ3) is 5.75. The molecule has 3 rings (SSSR count). The fourth-order valence-corrected chi connectivity index (χ4v) is 3.48. The second-order valence-electron chi connectivity index (χ2n) is 6.36. The molecule has 0 saturated heterocycles. The highest BCUT2D eigenvalue weighted by Gasteiger charge is 2.12. The van der Waals surface area contributed by atoms with E-state index in [9.17, 15) is 9.18 Å². The molecule has 0 radical (unpaired) electrons. The lowest BCUT2D eigenvalue weighted by Gasteiger charge is -2.14. The van der Waals surface area contributed by atoms with Crippen molar-refractivity contribution >= 4 is 22.5 Å².